The molecule has 1 aliphatic carbocycles. The first-order valence-electron chi connectivity index (χ1n) is 4.89. The van der Waals surface area contributed by atoms with Gasteiger partial charge in [-0.1, -0.05) is 12.1 Å². The van der Waals surface area contributed by atoms with Gasteiger partial charge in [0, 0.05) is 23.1 Å². The van der Waals surface area contributed by atoms with Crippen LogP contribution in [0.2, 0.25) is 0 Å². The van der Waals surface area contributed by atoms with Gasteiger partial charge in [-0.2, -0.15) is 0 Å². The van der Waals surface area contributed by atoms with Crippen LogP contribution in [0.25, 0.3) is 0 Å². The smallest absolute Gasteiger partial charge is 0.273 e. The number of nitro benzene ring substituents is 1. The molecule has 0 N–H and O–H groups in total. The zero-order chi connectivity index (χ0) is 11.0. The van der Waals surface area contributed by atoms with Crippen LogP contribution in [0.15, 0.2) is 18.2 Å². The van der Waals surface area contributed by atoms with Crippen molar-refractivity contribution in [3.05, 3.63) is 39.4 Å². The summed E-state index contributed by atoms with van der Waals surface area (Å²) >= 11 is 0. The highest BCUT2D eigenvalue weighted by molar-refractivity contribution is 5.99. The lowest BCUT2D eigenvalue weighted by Crippen LogP contribution is -2.02. The highest BCUT2D eigenvalue weighted by Crippen LogP contribution is 2.33. The lowest BCUT2D eigenvalue weighted by molar-refractivity contribution is -0.385. The first-order chi connectivity index (χ1) is 7.09. The summed E-state index contributed by atoms with van der Waals surface area (Å²) in [6.45, 7) is 1.67. The molecule has 0 aromatic heterocycles. The minimum Gasteiger partial charge on any atom is -0.294 e. The van der Waals surface area contributed by atoms with Gasteiger partial charge in [0.1, 0.15) is 0 Å². The number of benzene rings is 1. The zero-order valence-corrected chi connectivity index (χ0v) is 8.40. The maximum absolute atomic E-state index is 11.7. The Kier molecular flexibility index (Phi) is 2.26. The number of nitro groups is 1. The number of aryl methyl sites for hydroxylation is 1. The Balaban J connectivity index is 2.37. The lowest BCUT2D eigenvalue weighted by atomic mass is 10.0. The van der Waals surface area contributed by atoms with Gasteiger partial charge in [-0.25, -0.2) is 0 Å². The Morgan fingerprint density at radius 3 is 2.67 bits per heavy atom. The Labute approximate surface area is 87.1 Å². The van der Waals surface area contributed by atoms with E-state index in [1.165, 1.54) is 6.07 Å². The van der Waals surface area contributed by atoms with E-state index in [2.05, 4.69) is 0 Å². The van der Waals surface area contributed by atoms with E-state index in [1.54, 1.807) is 19.1 Å². The second kappa shape index (κ2) is 3.46. The van der Waals surface area contributed by atoms with E-state index in [9.17, 15) is 14.9 Å². The van der Waals surface area contributed by atoms with Crippen molar-refractivity contribution in [3.8, 4) is 0 Å². The quantitative estimate of drug-likeness (QED) is 0.432. The van der Waals surface area contributed by atoms with Gasteiger partial charge in [0.25, 0.3) is 5.69 Å². The molecule has 0 atom stereocenters. The van der Waals surface area contributed by atoms with E-state index >= 15 is 0 Å². The van der Waals surface area contributed by atoms with Gasteiger partial charge >= 0.3 is 0 Å². The largest absolute Gasteiger partial charge is 0.294 e. The summed E-state index contributed by atoms with van der Waals surface area (Å²) in [5.41, 5.74) is 1.09. The van der Waals surface area contributed by atoms with Crippen LogP contribution < -0.4 is 0 Å². The molecule has 1 saturated carbocycles. The molecule has 0 bridgehead atoms. The summed E-state index contributed by atoms with van der Waals surface area (Å²) in [5, 5.41) is 10.7. The standard InChI is InChI=1S/C11H11NO3/c1-7-2-3-9(6-10(7)12(14)15)11(13)8-4-5-8/h2-3,6,8H,4-5H2,1H3. The number of carbonyl (C=O) groups excluding carboxylic acids is 1. The number of carbonyl (C=O) groups is 1. The minimum atomic E-state index is -0.445. The molecule has 2 rings (SSSR count). The molecule has 0 radical (unpaired) electrons. The van der Waals surface area contributed by atoms with Crippen LogP contribution in [0.3, 0.4) is 0 Å². The fourth-order valence-corrected chi connectivity index (χ4v) is 1.54. The van der Waals surface area contributed by atoms with Gasteiger partial charge < -0.3 is 0 Å². The summed E-state index contributed by atoms with van der Waals surface area (Å²) in [4.78, 5) is 21.9. The van der Waals surface area contributed by atoms with Crippen molar-refractivity contribution in [2.45, 2.75) is 19.8 Å². The number of hydrogen-bond donors (Lipinski definition) is 0. The molecule has 1 fully saturated rings. The molecule has 1 aliphatic rings. The highest BCUT2D eigenvalue weighted by atomic mass is 16.6. The molecule has 78 valence electrons. The molecule has 0 aliphatic heterocycles. The summed E-state index contributed by atoms with van der Waals surface area (Å²) in [7, 11) is 0. The average Bonchev–Trinajstić information content (AvgIpc) is 3.00. The molecule has 1 aromatic rings. The first-order valence-corrected chi connectivity index (χ1v) is 4.89. The SMILES string of the molecule is Cc1ccc(C(=O)C2CC2)cc1[N+](=O)[O-]. The molecular weight excluding hydrogens is 194 g/mol. The number of nitrogens with zero attached hydrogens (tertiary/aromatic N) is 1. The van der Waals surface area contributed by atoms with Gasteiger partial charge in [0.05, 0.1) is 4.92 Å². The van der Waals surface area contributed by atoms with Gasteiger partial charge in [-0.3, -0.25) is 14.9 Å². The Bertz CT molecular complexity index is 435. The fourth-order valence-electron chi connectivity index (χ4n) is 1.54. The molecule has 4 heteroatoms. The topological polar surface area (TPSA) is 60.2 Å². The molecular formula is C11H11NO3. The monoisotopic (exact) mass is 205 g/mol. The number of Topliss-reactive ketones (excluding diaryl/α,β-unsaturated/α-hetero) is 1. The zero-order valence-electron chi connectivity index (χ0n) is 8.40. The number of hydrogen-bond acceptors (Lipinski definition) is 3. The second-order valence-corrected chi connectivity index (χ2v) is 3.90. The second-order valence-electron chi connectivity index (χ2n) is 3.90. The van der Waals surface area contributed by atoms with Crippen molar-refractivity contribution in [1.82, 2.24) is 0 Å². The van der Waals surface area contributed by atoms with E-state index in [0.717, 1.165) is 12.8 Å². The van der Waals surface area contributed by atoms with Crippen LogP contribution in [0.1, 0.15) is 28.8 Å². The van der Waals surface area contributed by atoms with Crippen LogP contribution in [-0.4, -0.2) is 10.7 Å². The Morgan fingerprint density at radius 2 is 2.13 bits per heavy atom. The van der Waals surface area contributed by atoms with E-state index in [4.69, 9.17) is 0 Å². The molecule has 0 spiro atoms. The molecule has 15 heavy (non-hydrogen) atoms. The van der Waals surface area contributed by atoms with Crippen LogP contribution in [0.5, 0.6) is 0 Å². The van der Waals surface area contributed by atoms with E-state index in [-0.39, 0.29) is 17.4 Å². The normalized spacial score (nSPS) is 15.0. The van der Waals surface area contributed by atoms with Crippen LogP contribution in [0, 0.1) is 23.0 Å². The molecule has 0 saturated heterocycles. The van der Waals surface area contributed by atoms with Crippen molar-refractivity contribution in [2.75, 3.05) is 0 Å². The van der Waals surface area contributed by atoms with Gasteiger partial charge in [0.15, 0.2) is 5.78 Å². The van der Waals surface area contributed by atoms with Crippen LogP contribution in [-0.2, 0) is 0 Å². The predicted molar refractivity (Wildman–Crippen MR) is 54.9 cm³/mol. The van der Waals surface area contributed by atoms with Gasteiger partial charge in [-0.15, -0.1) is 0 Å². The van der Waals surface area contributed by atoms with Crippen molar-refractivity contribution in [1.29, 1.82) is 0 Å². The number of ketones is 1. The summed E-state index contributed by atoms with van der Waals surface area (Å²) < 4.78 is 0. The third-order valence-electron chi connectivity index (χ3n) is 2.64. The van der Waals surface area contributed by atoms with Crippen LogP contribution in [0.4, 0.5) is 5.69 Å². The summed E-state index contributed by atoms with van der Waals surface area (Å²) in [6.07, 6.45) is 1.83. The maximum atomic E-state index is 11.7. The molecule has 4 nitrogen and oxygen atoms in total. The van der Waals surface area contributed by atoms with Crippen molar-refractivity contribution >= 4 is 11.5 Å². The number of rotatable bonds is 3. The van der Waals surface area contributed by atoms with Crippen molar-refractivity contribution in [3.63, 3.8) is 0 Å². The Morgan fingerprint density at radius 1 is 1.47 bits per heavy atom. The average molecular weight is 205 g/mol. The predicted octanol–water partition coefficient (Wildman–Crippen LogP) is 2.50. The van der Waals surface area contributed by atoms with E-state index in [0.29, 0.717) is 11.1 Å². The van der Waals surface area contributed by atoms with Gasteiger partial charge in [-0.05, 0) is 19.8 Å². The third-order valence-corrected chi connectivity index (χ3v) is 2.64. The fraction of sp³-hybridized carbons (Fsp3) is 0.364. The van der Waals surface area contributed by atoms with Crippen molar-refractivity contribution < 1.29 is 9.72 Å². The Hall–Kier alpha value is -1.71. The highest BCUT2D eigenvalue weighted by Gasteiger charge is 2.31. The third kappa shape index (κ3) is 1.88. The van der Waals surface area contributed by atoms with Crippen LogP contribution >= 0.6 is 0 Å². The molecule has 1 aromatic carbocycles. The van der Waals surface area contributed by atoms with E-state index in [1.807, 2.05) is 0 Å². The van der Waals surface area contributed by atoms with Gasteiger partial charge in [0.2, 0.25) is 0 Å². The summed E-state index contributed by atoms with van der Waals surface area (Å²) in [6, 6.07) is 4.69. The van der Waals surface area contributed by atoms with E-state index < -0.39 is 4.92 Å². The lowest BCUT2D eigenvalue weighted by Gasteiger charge is -2.01. The maximum Gasteiger partial charge on any atom is 0.273 e. The molecule has 0 amide bonds. The minimum absolute atomic E-state index is 0.0292. The summed E-state index contributed by atoms with van der Waals surface area (Å²) in [5.74, 6) is 0.144. The van der Waals surface area contributed by atoms with Crippen molar-refractivity contribution in [2.24, 2.45) is 5.92 Å². The molecule has 0 heterocycles. The molecule has 0 unspecified atom stereocenters. The first kappa shape index (κ1) is 9.83.